The molecule has 21 heavy (non-hydrogen) atoms. The fraction of sp³-hybridized carbons (Fsp3) is 0.929. The summed E-state index contributed by atoms with van der Waals surface area (Å²) in [5.74, 6) is -0.101. The van der Waals surface area contributed by atoms with Crippen LogP contribution in [0.1, 0.15) is 44.9 Å². The summed E-state index contributed by atoms with van der Waals surface area (Å²) in [6, 6.07) is 0.0649. The van der Waals surface area contributed by atoms with Crippen LogP contribution < -0.4 is 5.32 Å². The molecule has 124 valence electrons. The highest BCUT2D eigenvalue weighted by atomic mass is 32.2. The normalized spacial score (nSPS) is 17.1. The minimum absolute atomic E-state index is 0.0649. The fourth-order valence-corrected chi connectivity index (χ4v) is 3.91. The Kier molecular flexibility index (Phi) is 8.21. The highest BCUT2D eigenvalue weighted by Gasteiger charge is 2.28. The van der Waals surface area contributed by atoms with Crippen LogP contribution in [0.4, 0.5) is 0 Å². The van der Waals surface area contributed by atoms with Crippen LogP contribution in [0.15, 0.2) is 0 Å². The first-order valence-corrected chi connectivity index (χ1v) is 9.52. The standard InChI is InChI=1S/C14H28N2O4S/c1-20-12-6-10-15-14(17)9-11-16(21(2,18)19)13-7-4-3-5-8-13/h13H,3-12H2,1-2H3,(H,15,17). The van der Waals surface area contributed by atoms with Crippen molar-refractivity contribution >= 4 is 15.9 Å². The van der Waals surface area contributed by atoms with Gasteiger partial charge in [-0.1, -0.05) is 19.3 Å². The van der Waals surface area contributed by atoms with Gasteiger partial charge in [-0.2, -0.15) is 4.31 Å². The minimum Gasteiger partial charge on any atom is -0.385 e. The van der Waals surface area contributed by atoms with E-state index in [1.54, 1.807) is 7.11 Å². The molecule has 1 N–H and O–H groups in total. The molecule has 0 atom stereocenters. The lowest BCUT2D eigenvalue weighted by Crippen LogP contribution is -2.42. The van der Waals surface area contributed by atoms with Crippen molar-refractivity contribution in [3.8, 4) is 0 Å². The molecule has 0 saturated heterocycles. The molecule has 1 rings (SSSR count). The molecule has 0 aromatic heterocycles. The first-order chi connectivity index (χ1) is 9.95. The zero-order valence-corrected chi connectivity index (χ0v) is 14.0. The van der Waals surface area contributed by atoms with Gasteiger partial charge >= 0.3 is 0 Å². The zero-order valence-electron chi connectivity index (χ0n) is 13.1. The van der Waals surface area contributed by atoms with Crippen molar-refractivity contribution in [2.45, 2.75) is 51.0 Å². The SMILES string of the molecule is COCCCNC(=O)CCN(C1CCCCC1)S(C)(=O)=O. The van der Waals surface area contributed by atoms with Crippen molar-refractivity contribution in [2.24, 2.45) is 0 Å². The van der Waals surface area contributed by atoms with Crippen LogP contribution in [0, 0.1) is 0 Å². The second-order valence-electron chi connectivity index (χ2n) is 5.61. The molecule has 1 fully saturated rings. The Morgan fingerprint density at radius 3 is 2.52 bits per heavy atom. The average Bonchev–Trinajstić information content (AvgIpc) is 2.43. The Hall–Kier alpha value is -0.660. The number of methoxy groups -OCH3 is 1. The van der Waals surface area contributed by atoms with Crippen LogP contribution in [0.5, 0.6) is 0 Å². The summed E-state index contributed by atoms with van der Waals surface area (Å²) >= 11 is 0. The van der Waals surface area contributed by atoms with E-state index < -0.39 is 10.0 Å². The van der Waals surface area contributed by atoms with Gasteiger partial charge in [0.2, 0.25) is 15.9 Å². The molecule has 0 unspecified atom stereocenters. The molecule has 1 aliphatic carbocycles. The smallest absolute Gasteiger partial charge is 0.221 e. The molecule has 1 aliphatic rings. The van der Waals surface area contributed by atoms with Gasteiger partial charge in [0.1, 0.15) is 0 Å². The Morgan fingerprint density at radius 1 is 1.29 bits per heavy atom. The van der Waals surface area contributed by atoms with E-state index in [-0.39, 0.29) is 24.9 Å². The van der Waals surface area contributed by atoms with Gasteiger partial charge in [-0.25, -0.2) is 8.42 Å². The number of carbonyl (C=O) groups is 1. The van der Waals surface area contributed by atoms with Crippen molar-refractivity contribution in [3.63, 3.8) is 0 Å². The van der Waals surface area contributed by atoms with Gasteiger partial charge in [0.15, 0.2) is 0 Å². The van der Waals surface area contributed by atoms with Crippen LogP contribution in [0.25, 0.3) is 0 Å². The number of hydrogen-bond acceptors (Lipinski definition) is 4. The van der Waals surface area contributed by atoms with Gasteiger partial charge < -0.3 is 10.1 Å². The molecule has 7 heteroatoms. The lowest BCUT2D eigenvalue weighted by molar-refractivity contribution is -0.121. The summed E-state index contributed by atoms with van der Waals surface area (Å²) in [6.07, 6.45) is 7.34. The number of carbonyl (C=O) groups excluding carboxylic acids is 1. The van der Waals surface area contributed by atoms with E-state index in [2.05, 4.69) is 5.32 Å². The maximum atomic E-state index is 11.9. The van der Waals surface area contributed by atoms with Crippen molar-refractivity contribution in [1.82, 2.24) is 9.62 Å². The Balaban J connectivity index is 2.41. The van der Waals surface area contributed by atoms with E-state index >= 15 is 0 Å². The van der Waals surface area contributed by atoms with E-state index in [4.69, 9.17) is 4.74 Å². The van der Waals surface area contributed by atoms with Gasteiger partial charge in [0.25, 0.3) is 0 Å². The molecule has 0 aromatic rings. The molecule has 0 aromatic carbocycles. The quantitative estimate of drug-likeness (QED) is 0.646. The maximum absolute atomic E-state index is 11.9. The number of rotatable bonds is 9. The first kappa shape index (κ1) is 18.4. The number of ether oxygens (including phenoxy) is 1. The highest BCUT2D eigenvalue weighted by Crippen LogP contribution is 2.24. The fourth-order valence-electron chi connectivity index (χ4n) is 2.73. The van der Waals surface area contributed by atoms with Crippen LogP contribution in [-0.4, -0.2) is 57.7 Å². The van der Waals surface area contributed by atoms with Gasteiger partial charge in [0, 0.05) is 39.3 Å². The van der Waals surface area contributed by atoms with E-state index in [1.165, 1.54) is 17.0 Å². The largest absolute Gasteiger partial charge is 0.385 e. The highest BCUT2D eigenvalue weighted by molar-refractivity contribution is 7.88. The lowest BCUT2D eigenvalue weighted by Gasteiger charge is -2.32. The second kappa shape index (κ2) is 9.38. The first-order valence-electron chi connectivity index (χ1n) is 7.67. The number of amides is 1. The minimum atomic E-state index is -3.26. The third-order valence-corrected chi connectivity index (χ3v) is 5.15. The molecular weight excluding hydrogens is 292 g/mol. The van der Waals surface area contributed by atoms with Crippen molar-refractivity contribution < 1.29 is 17.9 Å². The number of sulfonamides is 1. The molecule has 0 spiro atoms. The molecule has 0 aliphatic heterocycles. The van der Waals surface area contributed by atoms with Gasteiger partial charge in [0.05, 0.1) is 6.26 Å². The van der Waals surface area contributed by atoms with E-state index in [9.17, 15) is 13.2 Å². The Bertz CT molecular complexity index is 405. The van der Waals surface area contributed by atoms with Crippen molar-refractivity contribution in [3.05, 3.63) is 0 Å². The van der Waals surface area contributed by atoms with Crippen molar-refractivity contribution in [1.29, 1.82) is 0 Å². The molecule has 0 heterocycles. The lowest BCUT2D eigenvalue weighted by atomic mass is 9.95. The zero-order chi connectivity index (χ0) is 15.7. The van der Waals surface area contributed by atoms with Gasteiger partial charge in [-0.05, 0) is 19.3 Å². The molecule has 0 radical (unpaired) electrons. The number of hydrogen-bond donors (Lipinski definition) is 1. The summed E-state index contributed by atoms with van der Waals surface area (Å²) in [4.78, 5) is 11.7. The molecule has 1 amide bonds. The third kappa shape index (κ3) is 7.24. The van der Waals surface area contributed by atoms with E-state index in [0.29, 0.717) is 13.2 Å². The van der Waals surface area contributed by atoms with Gasteiger partial charge in [-0.3, -0.25) is 4.79 Å². The molecule has 1 saturated carbocycles. The van der Waals surface area contributed by atoms with Crippen LogP contribution in [-0.2, 0) is 19.6 Å². The summed E-state index contributed by atoms with van der Waals surface area (Å²) in [6.45, 7) is 1.45. The van der Waals surface area contributed by atoms with Crippen LogP contribution in [0.3, 0.4) is 0 Å². The summed E-state index contributed by atoms with van der Waals surface area (Å²) in [5, 5.41) is 2.79. The summed E-state index contributed by atoms with van der Waals surface area (Å²) in [5.41, 5.74) is 0. The van der Waals surface area contributed by atoms with E-state index in [1.807, 2.05) is 0 Å². The van der Waals surface area contributed by atoms with Gasteiger partial charge in [-0.15, -0.1) is 0 Å². The topological polar surface area (TPSA) is 75.7 Å². The number of nitrogens with zero attached hydrogens (tertiary/aromatic N) is 1. The van der Waals surface area contributed by atoms with E-state index in [0.717, 1.165) is 32.1 Å². The van der Waals surface area contributed by atoms with Crippen LogP contribution in [0.2, 0.25) is 0 Å². The number of nitrogens with one attached hydrogen (secondary N) is 1. The molecular formula is C14H28N2O4S. The predicted octanol–water partition coefficient (Wildman–Crippen LogP) is 1.12. The van der Waals surface area contributed by atoms with Crippen molar-refractivity contribution in [2.75, 3.05) is 33.1 Å². The van der Waals surface area contributed by atoms with Crippen LogP contribution >= 0.6 is 0 Å². The third-order valence-electron chi connectivity index (χ3n) is 3.81. The molecule has 6 nitrogen and oxygen atoms in total. The maximum Gasteiger partial charge on any atom is 0.221 e. The average molecular weight is 320 g/mol. The monoisotopic (exact) mass is 320 g/mol. The second-order valence-corrected chi connectivity index (χ2v) is 7.55. The molecule has 0 bridgehead atoms. The Labute approximate surface area is 128 Å². The Morgan fingerprint density at radius 2 is 1.95 bits per heavy atom. The summed E-state index contributed by atoms with van der Waals surface area (Å²) < 4.78 is 30.3. The predicted molar refractivity (Wildman–Crippen MR) is 82.5 cm³/mol. The summed E-state index contributed by atoms with van der Waals surface area (Å²) in [7, 11) is -1.63.